The van der Waals surface area contributed by atoms with Gasteiger partial charge in [0.1, 0.15) is 12.1 Å². The van der Waals surface area contributed by atoms with Gasteiger partial charge in [0.2, 0.25) is 23.6 Å². The van der Waals surface area contributed by atoms with E-state index in [4.69, 9.17) is 5.73 Å². The smallest absolute Gasteiger partial charge is 0.326 e. The number of primary amides is 1. The lowest BCUT2D eigenvalue weighted by molar-refractivity contribution is -0.142. The molecule has 3 atom stereocenters. The maximum Gasteiger partial charge on any atom is 0.326 e. The number of carbonyl (C=O) groups excluding carboxylic acids is 4. The Labute approximate surface area is 169 Å². The van der Waals surface area contributed by atoms with Crippen molar-refractivity contribution < 1.29 is 29.1 Å². The molecule has 7 N–H and O–H groups in total. The van der Waals surface area contributed by atoms with E-state index >= 15 is 0 Å². The van der Waals surface area contributed by atoms with E-state index in [2.05, 4.69) is 21.3 Å². The van der Waals surface area contributed by atoms with Gasteiger partial charge in [0.15, 0.2) is 0 Å². The molecule has 0 aromatic carbocycles. The number of amides is 4. The van der Waals surface area contributed by atoms with Gasteiger partial charge in [-0.15, -0.1) is 0 Å². The van der Waals surface area contributed by atoms with Crippen LogP contribution in [0.5, 0.6) is 0 Å². The zero-order valence-corrected chi connectivity index (χ0v) is 16.8. The first-order valence-corrected chi connectivity index (χ1v) is 9.72. The summed E-state index contributed by atoms with van der Waals surface area (Å²) >= 11 is 0. The highest BCUT2D eigenvalue weighted by atomic mass is 16.4. The summed E-state index contributed by atoms with van der Waals surface area (Å²) in [6, 6.07) is -2.59. The monoisotopic (exact) mass is 413 g/mol. The number of rotatable bonds is 12. The van der Waals surface area contributed by atoms with Crippen molar-refractivity contribution in [1.82, 2.24) is 21.3 Å². The standard InChI is InChI=1S/C18H31N5O6/c1-10(2)8-13(17(27)23-12(18(28)29)5-6-14(19)24)22-15(25)9-21-16(26)11-4-3-7-20-11/h10-13,20H,3-9H2,1-2H3,(H2,19,24)(H,21,26)(H,22,25)(H,23,27)(H,28,29)/t11-,12-,13-/m0/s1. The zero-order valence-electron chi connectivity index (χ0n) is 16.8. The summed E-state index contributed by atoms with van der Waals surface area (Å²) < 4.78 is 0. The van der Waals surface area contributed by atoms with Crippen LogP contribution in [0.15, 0.2) is 0 Å². The van der Waals surface area contributed by atoms with Gasteiger partial charge in [0.05, 0.1) is 12.6 Å². The van der Waals surface area contributed by atoms with Crippen LogP contribution < -0.4 is 27.0 Å². The number of nitrogens with two attached hydrogens (primary N) is 1. The Morgan fingerprint density at radius 1 is 1.14 bits per heavy atom. The van der Waals surface area contributed by atoms with Gasteiger partial charge in [-0.3, -0.25) is 19.2 Å². The number of hydrogen-bond donors (Lipinski definition) is 6. The molecule has 164 valence electrons. The molecule has 1 rings (SSSR count). The Hall–Kier alpha value is -2.69. The van der Waals surface area contributed by atoms with Crippen LogP contribution in [0.2, 0.25) is 0 Å². The summed E-state index contributed by atoms with van der Waals surface area (Å²) in [5.41, 5.74) is 5.03. The Morgan fingerprint density at radius 2 is 1.83 bits per heavy atom. The lowest BCUT2D eigenvalue weighted by atomic mass is 10.0. The molecule has 0 unspecified atom stereocenters. The fraction of sp³-hybridized carbons (Fsp3) is 0.722. The summed E-state index contributed by atoms with van der Waals surface area (Å²) in [6.07, 6.45) is 1.52. The van der Waals surface area contributed by atoms with Crippen LogP contribution in [0.4, 0.5) is 0 Å². The summed E-state index contributed by atoms with van der Waals surface area (Å²) in [6.45, 7) is 4.16. The number of nitrogens with one attached hydrogen (secondary N) is 4. The second-order valence-electron chi connectivity index (χ2n) is 7.52. The third kappa shape index (κ3) is 9.37. The lowest BCUT2D eigenvalue weighted by Gasteiger charge is -2.23. The van der Waals surface area contributed by atoms with E-state index in [0.717, 1.165) is 13.0 Å². The summed E-state index contributed by atoms with van der Waals surface area (Å²) in [4.78, 5) is 58.9. The first-order valence-electron chi connectivity index (χ1n) is 9.72. The molecule has 0 bridgehead atoms. The van der Waals surface area contributed by atoms with Gasteiger partial charge in [-0.1, -0.05) is 13.8 Å². The number of aliphatic carboxylic acids is 1. The molecule has 29 heavy (non-hydrogen) atoms. The minimum absolute atomic E-state index is 0.0391. The Kier molecular flexibility index (Phi) is 10.1. The average Bonchev–Trinajstić information content (AvgIpc) is 3.16. The molecule has 1 fully saturated rings. The van der Waals surface area contributed by atoms with Gasteiger partial charge in [-0.25, -0.2) is 4.79 Å². The van der Waals surface area contributed by atoms with Crippen molar-refractivity contribution in [2.75, 3.05) is 13.1 Å². The molecule has 11 nitrogen and oxygen atoms in total. The fourth-order valence-corrected chi connectivity index (χ4v) is 2.96. The van der Waals surface area contributed by atoms with Crippen LogP contribution in [0.25, 0.3) is 0 Å². The quantitative estimate of drug-likeness (QED) is 0.219. The molecule has 0 aromatic heterocycles. The zero-order chi connectivity index (χ0) is 22.0. The molecule has 0 aromatic rings. The van der Waals surface area contributed by atoms with Crippen molar-refractivity contribution in [3.8, 4) is 0 Å². The van der Waals surface area contributed by atoms with Crippen molar-refractivity contribution in [2.24, 2.45) is 11.7 Å². The van der Waals surface area contributed by atoms with Gasteiger partial charge in [-0.05, 0) is 38.1 Å². The molecule has 0 aliphatic carbocycles. The maximum absolute atomic E-state index is 12.5. The molecule has 0 saturated carbocycles. The van der Waals surface area contributed by atoms with Crippen molar-refractivity contribution in [1.29, 1.82) is 0 Å². The number of hydrogen-bond acceptors (Lipinski definition) is 6. The van der Waals surface area contributed by atoms with Crippen LogP contribution >= 0.6 is 0 Å². The molecule has 0 spiro atoms. The molecule has 4 amide bonds. The average molecular weight is 413 g/mol. The number of carbonyl (C=O) groups is 5. The molecule has 1 aliphatic rings. The normalized spacial score (nSPS) is 18.0. The van der Waals surface area contributed by atoms with Crippen LogP contribution in [0, 0.1) is 5.92 Å². The molecular formula is C18H31N5O6. The molecule has 1 aliphatic heterocycles. The topological polar surface area (TPSA) is 180 Å². The van der Waals surface area contributed by atoms with E-state index in [9.17, 15) is 29.1 Å². The minimum Gasteiger partial charge on any atom is -0.480 e. The highest BCUT2D eigenvalue weighted by molar-refractivity contribution is 5.92. The summed E-state index contributed by atoms with van der Waals surface area (Å²) in [7, 11) is 0. The first-order chi connectivity index (χ1) is 13.6. The Balaban J connectivity index is 2.62. The van der Waals surface area contributed by atoms with Gasteiger partial charge >= 0.3 is 5.97 Å². The van der Waals surface area contributed by atoms with E-state index in [1.54, 1.807) is 0 Å². The van der Waals surface area contributed by atoms with Crippen LogP contribution in [-0.4, -0.2) is 65.9 Å². The van der Waals surface area contributed by atoms with Crippen molar-refractivity contribution >= 4 is 29.6 Å². The summed E-state index contributed by atoms with van der Waals surface area (Å²) in [5.74, 6) is -3.44. The van der Waals surface area contributed by atoms with Gasteiger partial charge in [0.25, 0.3) is 0 Å². The van der Waals surface area contributed by atoms with Gasteiger partial charge in [-0.2, -0.15) is 0 Å². The van der Waals surface area contributed by atoms with E-state index in [1.165, 1.54) is 0 Å². The van der Waals surface area contributed by atoms with E-state index in [-0.39, 0.29) is 43.7 Å². The van der Waals surface area contributed by atoms with Crippen molar-refractivity contribution in [3.05, 3.63) is 0 Å². The third-order valence-corrected chi connectivity index (χ3v) is 4.45. The van der Waals surface area contributed by atoms with Gasteiger partial charge < -0.3 is 32.1 Å². The highest BCUT2D eigenvalue weighted by Gasteiger charge is 2.28. The SMILES string of the molecule is CC(C)C[C@H](NC(=O)CNC(=O)[C@@H]1CCCN1)C(=O)N[C@@H](CCC(N)=O)C(=O)O. The van der Waals surface area contributed by atoms with Gasteiger partial charge in [0, 0.05) is 6.42 Å². The van der Waals surface area contributed by atoms with Crippen LogP contribution in [-0.2, 0) is 24.0 Å². The summed E-state index contributed by atoms with van der Waals surface area (Å²) in [5, 5.41) is 19.6. The third-order valence-electron chi connectivity index (χ3n) is 4.45. The first kappa shape index (κ1) is 24.3. The fourth-order valence-electron chi connectivity index (χ4n) is 2.96. The predicted octanol–water partition coefficient (Wildman–Crippen LogP) is -1.78. The molecule has 1 heterocycles. The number of carboxylic acids is 1. The molecule has 1 saturated heterocycles. The Morgan fingerprint density at radius 3 is 2.34 bits per heavy atom. The van der Waals surface area contributed by atoms with Crippen LogP contribution in [0.1, 0.15) is 46.0 Å². The Bertz CT molecular complexity index is 618. The molecule has 11 heteroatoms. The van der Waals surface area contributed by atoms with Crippen molar-refractivity contribution in [3.63, 3.8) is 0 Å². The van der Waals surface area contributed by atoms with E-state index < -0.39 is 35.8 Å². The molecule has 0 radical (unpaired) electrons. The largest absolute Gasteiger partial charge is 0.480 e. The lowest BCUT2D eigenvalue weighted by Crippen LogP contribution is -2.54. The predicted molar refractivity (Wildman–Crippen MR) is 103 cm³/mol. The molecular weight excluding hydrogens is 382 g/mol. The second kappa shape index (κ2) is 12.0. The minimum atomic E-state index is -1.30. The van der Waals surface area contributed by atoms with E-state index in [1.807, 2.05) is 13.8 Å². The maximum atomic E-state index is 12.5. The second-order valence-corrected chi connectivity index (χ2v) is 7.52. The van der Waals surface area contributed by atoms with Crippen LogP contribution in [0.3, 0.4) is 0 Å². The van der Waals surface area contributed by atoms with Crippen molar-refractivity contribution in [2.45, 2.75) is 64.1 Å². The highest BCUT2D eigenvalue weighted by Crippen LogP contribution is 2.07. The number of carboxylic acid groups (broad SMARTS) is 1. The van der Waals surface area contributed by atoms with E-state index in [0.29, 0.717) is 6.42 Å².